The summed E-state index contributed by atoms with van der Waals surface area (Å²) in [6.07, 6.45) is 3.45. The highest BCUT2D eigenvalue weighted by molar-refractivity contribution is 5.27. The van der Waals surface area contributed by atoms with E-state index < -0.39 is 6.10 Å². The standard InChI is InChI=1S/C20H25NO/c22-20(18-12-6-2-7-13-18)19(17-10-4-1-5-11-17)16-21-14-8-3-9-15-21/h1-2,4-7,10-13,19-20,22H,3,8-9,14-16H2/t19-,20-/m0/s1. The zero-order valence-corrected chi connectivity index (χ0v) is 13.1. The maximum Gasteiger partial charge on any atom is 0.0870 e. The second-order valence-corrected chi connectivity index (χ2v) is 6.23. The van der Waals surface area contributed by atoms with Gasteiger partial charge in [0.15, 0.2) is 0 Å². The van der Waals surface area contributed by atoms with Crippen LogP contribution in [0.5, 0.6) is 0 Å². The van der Waals surface area contributed by atoms with Gasteiger partial charge in [0.05, 0.1) is 6.10 Å². The van der Waals surface area contributed by atoms with Crippen molar-refractivity contribution in [1.29, 1.82) is 0 Å². The molecule has 2 aromatic carbocycles. The minimum atomic E-state index is -0.453. The lowest BCUT2D eigenvalue weighted by Crippen LogP contribution is -2.35. The smallest absolute Gasteiger partial charge is 0.0870 e. The molecule has 2 atom stereocenters. The Hall–Kier alpha value is -1.64. The highest BCUT2D eigenvalue weighted by atomic mass is 16.3. The molecule has 1 N–H and O–H groups in total. The lowest BCUT2D eigenvalue weighted by Gasteiger charge is -2.33. The van der Waals surface area contributed by atoms with Gasteiger partial charge in [0.2, 0.25) is 0 Å². The molecule has 0 amide bonds. The van der Waals surface area contributed by atoms with E-state index in [-0.39, 0.29) is 5.92 Å². The Morgan fingerprint density at radius 2 is 1.32 bits per heavy atom. The molecule has 0 aliphatic carbocycles. The molecule has 22 heavy (non-hydrogen) atoms. The van der Waals surface area contributed by atoms with E-state index in [0.29, 0.717) is 0 Å². The fourth-order valence-corrected chi connectivity index (χ4v) is 3.39. The first-order chi connectivity index (χ1) is 10.8. The lowest BCUT2D eigenvalue weighted by atomic mass is 9.88. The van der Waals surface area contributed by atoms with Crippen molar-refractivity contribution in [3.8, 4) is 0 Å². The minimum Gasteiger partial charge on any atom is -0.388 e. The normalized spacial score (nSPS) is 18.8. The average Bonchev–Trinajstić information content (AvgIpc) is 2.61. The Balaban J connectivity index is 1.82. The molecule has 3 rings (SSSR count). The first-order valence-corrected chi connectivity index (χ1v) is 8.35. The average molecular weight is 295 g/mol. The van der Waals surface area contributed by atoms with E-state index in [4.69, 9.17) is 0 Å². The third kappa shape index (κ3) is 3.76. The summed E-state index contributed by atoms with van der Waals surface area (Å²) in [6, 6.07) is 20.5. The maximum absolute atomic E-state index is 10.9. The van der Waals surface area contributed by atoms with Gasteiger partial charge in [-0.25, -0.2) is 0 Å². The zero-order chi connectivity index (χ0) is 15.2. The van der Waals surface area contributed by atoms with Crippen LogP contribution in [0.1, 0.15) is 42.4 Å². The highest BCUT2D eigenvalue weighted by Crippen LogP contribution is 2.32. The van der Waals surface area contributed by atoms with Gasteiger partial charge >= 0.3 is 0 Å². The van der Waals surface area contributed by atoms with Crippen LogP contribution in [0.3, 0.4) is 0 Å². The molecule has 1 aliphatic heterocycles. The predicted octanol–water partition coefficient (Wildman–Crippen LogP) is 3.99. The first-order valence-electron chi connectivity index (χ1n) is 8.35. The summed E-state index contributed by atoms with van der Waals surface area (Å²) in [6.45, 7) is 3.25. The van der Waals surface area contributed by atoms with Gasteiger partial charge in [0.25, 0.3) is 0 Å². The van der Waals surface area contributed by atoms with Crippen molar-refractivity contribution >= 4 is 0 Å². The monoisotopic (exact) mass is 295 g/mol. The number of rotatable bonds is 5. The summed E-state index contributed by atoms with van der Waals surface area (Å²) in [4.78, 5) is 2.51. The molecule has 1 fully saturated rings. The molecule has 2 heteroatoms. The van der Waals surface area contributed by atoms with Crippen LogP contribution in [0.2, 0.25) is 0 Å². The zero-order valence-electron chi connectivity index (χ0n) is 13.1. The third-order valence-electron chi connectivity index (χ3n) is 4.65. The Labute approximate surface area is 133 Å². The third-order valence-corrected chi connectivity index (χ3v) is 4.65. The van der Waals surface area contributed by atoms with Crippen LogP contribution in [0.15, 0.2) is 60.7 Å². The number of likely N-dealkylation sites (tertiary alicyclic amines) is 1. The van der Waals surface area contributed by atoms with Crippen LogP contribution >= 0.6 is 0 Å². The van der Waals surface area contributed by atoms with E-state index in [1.165, 1.54) is 24.8 Å². The van der Waals surface area contributed by atoms with E-state index in [1.807, 2.05) is 36.4 Å². The minimum absolute atomic E-state index is 0.127. The van der Waals surface area contributed by atoms with Crippen LogP contribution in [0.4, 0.5) is 0 Å². The van der Waals surface area contributed by atoms with E-state index in [2.05, 4.69) is 29.2 Å². The number of piperidine rings is 1. The second-order valence-electron chi connectivity index (χ2n) is 6.23. The van der Waals surface area contributed by atoms with Crippen molar-refractivity contribution < 1.29 is 5.11 Å². The summed E-state index contributed by atoms with van der Waals surface area (Å²) >= 11 is 0. The summed E-state index contributed by atoms with van der Waals surface area (Å²) in [5.74, 6) is 0.127. The van der Waals surface area contributed by atoms with Crippen LogP contribution < -0.4 is 0 Å². The molecule has 2 aromatic rings. The van der Waals surface area contributed by atoms with Gasteiger partial charge in [-0.05, 0) is 37.1 Å². The van der Waals surface area contributed by atoms with Crippen molar-refractivity contribution in [1.82, 2.24) is 4.90 Å². The number of hydrogen-bond acceptors (Lipinski definition) is 2. The number of benzene rings is 2. The molecule has 1 heterocycles. The number of nitrogens with zero attached hydrogens (tertiary/aromatic N) is 1. The highest BCUT2D eigenvalue weighted by Gasteiger charge is 2.25. The maximum atomic E-state index is 10.9. The summed E-state index contributed by atoms with van der Waals surface area (Å²) in [7, 11) is 0. The number of aliphatic hydroxyl groups excluding tert-OH is 1. The topological polar surface area (TPSA) is 23.5 Å². The summed E-state index contributed by atoms with van der Waals surface area (Å²) in [5, 5.41) is 10.9. The van der Waals surface area contributed by atoms with Gasteiger partial charge in [-0.2, -0.15) is 0 Å². The van der Waals surface area contributed by atoms with Crippen molar-refractivity contribution in [2.75, 3.05) is 19.6 Å². The Kier molecular flexibility index (Phi) is 5.25. The van der Waals surface area contributed by atoms with Gasteiger partial charge in [0, 0.05) is 12.5 Å². The van der Waals surface area contributed by atoms with Gasteiger partial charge in [0.1, 0.15) is 0 Å². The quantitative estimate of drug-likeness (QED) is 0.901. The van der Waals surface area contributed by atoms with E-state index >= 15 is 0 Å². The van der Waals surface area contributed by atoms with Crippen molar-refractivity contribution in [2.45, 2.75) is 31.3 Å². The first kappa shape index (κ1) is 15.3. The largest absolute Gasteiger partial charge is 0.388 e. The summed E-state index contributed by atoms with van der Waals surface area (Å²) < 4.78 is 0. The van der Waals surface area contributed by atoms with E-state index in [9.17, 15) is 5.11 Å². The Morgan fingerprint density at radius 3 is 1.91 bits per heavy atom. The predicted molar refractivity (Wildman–Crippen MR) is 90.9 cm³/mol. The fraction of sp³-hybridized carbons (Fsp3) is 0.400. The molecule has 0 spiro atoms. The molecule has 0 saturated carbocycles. The molecule has 116 valence electrons. The van der Waals surface area contributed by atoms with Crippen LogP contribution in [-0.4, -0.2) is 29.6 Å². The van der Waals surface area contributed by atoms with Gasteiger partial charge < -0.3 is 10.0 Å². The molecule has 0 bridgehead atoms. The summed E-state index contributed by atoms with van der Waals surface area (Å²) in [5.41, 5.74) is 2.23. The molecule has 2 nitrogen and oxygen atoms in total. The van der Waals surface area contributed by atoms with Gasteiger partial charge in [-0.3, -0.25) is 0 Å². The SMILES string of the molecule is O[C@@H](c1ccccc1)[C@@H](CN1CCCCC1)c1ccccc1. The fourth-order valence-electron chi connectivity index (χ4n) is 3.39. The van der Waals surface area contributed by atoms with Crippen molar-refractivity contribution in [3.05, 3.63) is 71.8 Å². The van der Waals surface area contributed by atoms with Crippen molar-refractivity contribution in [2.24, 2.45) is 0 Å². The molecule has 0 aromatic heterocycles. The molecule has 0 radical (unpaired) electrons. The Morgan fingerprint density at radius 1 is 0.773 bits per heavy atom. The van der Waals surface area contributed by atoms with Gasteiger partial charge in [-0.15, -0.1) is 0 Å². The van der Waals surface area contributed by atoms with Crippen LogP contribution in [-0.2, 0) is 0 Å². The molecule has 1 saturated heterocycles. The van der Waals surface area contributed by atoms with Crippen LogP contribution in [0.25, 0.3) is 0 Å². The molecular formula is C20H25NO. The Bertz CT molecular complexity index is 548. The second kappa shape index (κ2) is 7.57. The molecule has 1 aliphatic rings. The lowest BCUT2D eigenvalue weighted by molar-refractivity contribution is 0.109. The van der Waals surface area contributed by atoms with Gasteiger partial charge in [-0.1, -0.05) is 67.1 Å². The van der Waals surface area contributed by atoms with Crippen molar-refractivity contribution in [3.63, 3.8) is 0 Å². The number of hydrogen-bond donors (Lipinski definition) is 1. The molecular weight excluding hydrogens is 270 g/mol. The van der Waals surface area contributed by atoms with E-state index in [1.54, 1.807) is 0 Å². The van der Waals surface area contributed by atoms with Crippen LogP contribution in [0, 0.1) is 0 Å². The molecule has 0 unspecified atom stereocenters. The van der Waals surface area contributed by atoms with E-state index in [0.717, 1.165) is 25.2 Å². The number of aliphatic hydroxyl groups is 1.